The second-order valence-electron chi connectivity index (χ2n) is 8.57. The van der Waals surface area contributed by atoms with Gasteiger partial charge in [0.2, 0.25) is 0 Å². The first-order valence-electron chi connectivity index (χ1n) is 8.59. The minimum atomic E-state index is 0.0652. The van der Waals surface area contributed by atoms with Crippen molar-refractivity contribution in [2.75, 3.05) is 0 Å². The molecule has 0 heterocycles. The smallest absolute Gasteiger partial charge is 0.142 e. The van der Waals surface area contributed by atoms with Crippen molar-refractivity contribution in [3.8, 4) is 0 Å². The van der Waals surface area contributed by atoms with Gasteiger partial charge in [-0.2, -0.15) is 0 Å². The lowest BCUT2D eigenvalue weighted by molar-refractivity contribution is -0.157. The van der Waals surface area contributed by atoms with E-state index in [4.69, 9.17) is 0 Å². The van der Waals surface area contributed by atoms with Crippen molar-refractivity contribution in [3.63, 3.8) is 0 Å². The summed E-state index contributed by atoms with van der Waals surface area (Å²) in [5, 5.41) is 0. The van der Waals surface area contributed by atoms with E-state index < -0.39 is 0 Å². The highest BCUT2D eigenvalue weighted by Crippen LogP contribution is 2.64. The maximum absolute atomic E-state index is 12.8. The minimum absolute atomic E-state index is 0.0652. The van der Waals surface area contributed by atoms with Gasteiger partial charge in [0.05, 0.1) is 0 Å². The first-order chi connectivity index (χ1) is 9.05. The number of carbonyl (C=O) groups excluding carboxylic acids is 1. The molecule has 1 heteroatoms. The fourth-order valence-electron chi connectivity index (χ4n) is 6.76. The summed E-state index contributed by atoms with van der Waals surface area (Å²) < 4.78 is 0. The van der Waals surface area contributed by atoms with Crippen LogP contribution in [0.2, 0.25) is 0 Å². The zero-order valence-electron chi connectivity index (χ0n) is 12.6. The molecule has 0 aromatic heterocycles. The molecule has 106 valence electrons. The molecule has 1 nitrogen and oxygen atoms in total. The number of ketones is 1. The van der Waals surface area contributed by atoms with Crippen LogP contribution in [0, 0.1) is 34.5 Å². The van der Waals surface area contributed by atoms with Gasteiger partial charge in [0.15, 0.2) is 0 Å². The summed E-state index contributed by atoms with van der Waals surface area (Å²) in [6, 6.07) is 0. The van der Waals surface area contributed by atoms with Crippen molar-refractivity contribution in [3.05, 3.63) is 0 Å². The van der Waals surface area contributed by atoms with Crippen molar-refractivity contribution >= 4 is 5.78 Å². The van der Waals surface area contributed by atoms with E-state index in [1.165, 1.54) is 57.8 Å². The van der Waals surface area contributed by atoms with Gasteiger partial charge in [-0.25, -0.2) is 0 Å². The highest BCUT2D eigenvalue weighted by atomic mass is 16.1. The van der Waals surface area contributed by atoms with E-state index in [1.807, 2.05) is 0 Å². The topological polar surface area (TPSA) is 17.1 Å². The highest BCUT2D eigenvalue weighted by molar-refractivity contribution is 5.88. The van der Waals surface area contributed by atoms with Crippen molar-refractivity contribution in [2.24, 2.45) is 34.5 Å². The third-order valence-electron chi connectivity index (χ3n) is 7.78. The van der Waals surface area contributed by atoms with Gasteiger partial charge >= 0.3 is 0 Å². The summed E-state index contributed by atoms with van der Waals surface area (Å²) >= 11 is 0. The van der Waals surface area contributed by atoms with Crippen LogP contribution >= 0.6 is 0 Å². The summed E-state index contributed by atoms with van der Waals surface area (Å²) in [4.78, 5) is 12.8. The van der Waals surface area contributed by atoms with Crippen LogP contribution in [0.1, 0.15) is 71.6 Å². The Hall–Kier alpha value is -0.330. The van der Waals surface area contributed by atoms with Crippen molar-refractivity contribution in [1.29, 1.82) is 0 Å². The molecule has 2 bridgehead atoms. The monoisotopic (exact) mass is 260 g/mol. The number of carbonyl (C=O) groups is 1. The average Bonchev–Trinajstić information content (AvgIpc) is 2.75. The number of rotatable bonds is 0. The molecule has 19 heavy (non-hydrogen) atoms. The second kappa shape index (κ2) is 3.86. The van der Waals surface area contributed by atoms with Crippen LogP contribution in [0.4, 0.5) is 0 Å². The Morgan fingerprint density at radius 2 is 1.74 bits per heavy atom. The number of hydrogen-bond donors (Lipinski definition) is 0. The highest BCUT2D eigenvalue weighted by Gasteiger charge is 2.59. The van der Waals surface area contributed by atoms with Gasteiger partial charge in [-0.05, 0) is 68.1 Å². The molecule has 4 aliphatic carbocycles. The van der Waals surface area contributed by atoms with Gasteiger partial charge in [0, 0.05) is 11.3 Å². The zero-order valence-corrected chi connectivity index (χ0v) is 12.6. The van der Waals surface area contributed by atoms with Crippen molar-refractivity contribution < 1.29 is 4.79 Å². The SMILES string of the molecule is C[C@]12CCC[C@@H]1[C@H]1C[C@H]3CCC[C@@](C)(C3=O)[C@@H]1CC2. The molecule has 0 spiro atoms. The van der Waals surface area contributed by atoms with E-state index in [-0.39, 0.29) is 5.41 Å². The van der Waals surface area contributed by atoms with Gasteiger partial charge in [-0.1, -0.05) is 26.7 Å². The summed E-state index contributed by atoms with van der Waals surface area (Å²) in [6.07, 6.45) is 12.0. The maximum atomic E-state index is 12.8. The van der Waals surface area contributed by atoms with E-state index in [9.17, 15) is 4.79 Å². The summed E-state index contributed by atoms with van der Waals surface area (Å²) in [6.45, 7) is 4.88. The largest absolute Gasteiger partial charge is 0.299 e. The second-order valence-corrected chi connectivity index (χ2v) is 8.57. The molecule has 0 N–H and O–H groups in total. The minimum Gasteiger partial charge on any atom is -0.299 e. The third kappa shape index (κ3) is 1.51. The van der Waals surface area contributed by atoms with E-state index in [0.717, 1.165) is 17.8 Å². The predicted molar refractivity (Wildman–Crippen MR) is 76.7 cm³/mol. The van der Waals surface area contributed by atoms with Gasteiger partial charge < -0.3 is 0 Å². The molecule has 0 unspecified atom stereocenters. The standard InChI is InChI=1S/C18H28O/c1-17-8-4-6-14(17)13-11-12-5-3-9-18(2,16(12)19)15(13)7-10-17/h12-15H,3-11H2,1-2H3/t12-,13-,14-,15-,17-,18-/m1/s1. The lowest BCUT2D eigenvalue weighted by Crippen LogP contribution is -2.55. The van der Waals surface area contributed by atoms with Crippen molar-refractivity contribution in [2.45, 2.75) is 71.6 Å². The molecule has 4 rings (SSSR count). The summed E-state index contributed by atoms with van der Waals surface area (Å²) in [5.74, 6) is 3.64. The molecular formula is C18H28O. The Kier molecular flexibility index (Phi) is 2.52. The first kappa shape index (κ1) is 12.4. The van der Waals surface area contributed by atoms with Gasteiger partial charge in [-0.15, -0.1) is 0 Å². The third-order valence-corrected chi connectivity index (χ3v) is 7.78. The zero-order chi connectivity index (χ0) is 13.3. The summed E-state index contributed by atoms with van der Waals surface area (Å²) in [7, 11) is 0. The van der Waals surface area contributed by atoms with Gasteiger partial charge in [0.25, 0.3) is 0 Å². The van der Waals surface area contributed by atoms with Gasteiger partial charge in [-0.3, -0.25) is 4.79 Å². The molecule has 0 aliphatic heterocycles. The quantitative estimate of drug-likeness (QED) is 0.622. The molecule has 4 saturated carbocycles. The van der Waals surface area contributed by atoms with Crippen molar-refractivity contribution in [1.82, 2.24) is 0 Å². The van der Waals surface area contributed by atoms with E-state index >= 15 is 0 Å². The van der Waals surface area contributed by atoms with E-state index in [0.29, 0.717) is 17.1 Å². The van der Waals surface area contributed by atoms with Crippen LogP contribution in [-0.4, -0.2) is 5.78 Å². The van der Waals surface area contributed by atoms with Crippen LogP contribution < -0.4 is 0 Å². The average molecular weight is 260 g/mol. The Morgan fingerprint density at radius 1 is 0.947 bits per heavy atom. The molecule has 0 aromatic rings. The fourth-order valence-corrected chi connectivity index (χ4v) is 6.76. The summed E-state index contributed by atoms with van der Waals surface area (Å²) in [5.41, 5.74) is 0.696. The van der Waals surface area contributed by atoms with Crippen LogP contribution in [0.15, 0.2) is 0 Å². The Balaban J connectivity index is 1.72. The van der Waals surface area contributed by atoms with Crippen LogP contribution in [0.3, 0.4) is 0 Å². The lowest BCUT2D eigenvalue weighted by Gasteiger charge is -2.58. The molecule has 0 amide bonds. The van der Waals surface area contributed by atoms with E-state index in [2.05, 4.69) is 13.8 Å². The fraction of sp³-hybridized carbons (Fsp3) is 0.944. The molecule has 6 atom stereocenters. The molecule has 4 fully saturated rings. The lowest BCUT2D eigenvalue weighted by atomic mass is 9.45. The molecule has 0 saturated heterocycles. The van der Waals surface area contributed by atoms with Crippen LogP contribution in [0.5, 0.6) is 0 Å². The molecule has 0 radical (unpaired) electrons. The normalized spacial score (nSPS) is 56.6. The number of fused-ring (bicyclic) bond motifs is 6. The van der Waals surface area contributed by atoms with Crippen LogP contribution in [0.25, 0.3) is 0 Å². The first-order valence-corrected chi connectivity index (χ1v) is 8.59. The molecular weight excluding hydrogens is 232 g/mol. The van der Waals surface area contributed by atoms with E-state index in [1.54, 1.807) is 0 Å². The predicted octanol–water partition coefficient (Wildman–Crippen LogP) is 4.60. The van der Waals surface area contributed by atoms with Gasteiger partial charge in [0.1, 0.15) is 5.78 Å². The maximum Gasteiger partial charge on any atom is 0.142 e. The Labute approximate surface area is 117 Å². The molecule has 0 aromatic carbocycles. The van der Waals surface area contributed by atoms with Crippen LogP contribution in [-0.2, 0) is 4.79 Å². The Morgan fingerprint density at radius 3 is 2.58 bits per heavy atom. The molecule has 4 aliphatic rings. The Bertz CT molecular complexity index is 414. The number of Topliss-reactive ketones (excluding diaryl/α,β-unsaturated/α-hetero) is 1. The number of hydrogen-bond acceptors (Lipinski definition) is 1.